The predicted molar refractivity (Wildman–Crippen MR) is 79.0 cm³/mol. The first kappa shape index (κ1) is 13.3. The van der Waals surface area contributed by atoms with Gasteiger partial charge >= 0.3 is 0 Å². The molecule has 0 fully saturated rings. The maximum Gasteiger partial charge on any atom is 0.269 e. The van der Waals surface area contributed by atoms with Gasteiger partial charge in [-0.25, -0.2) is 22.4 Å². The lowest BCUT2D eigenvalue weighted by molar-refractivity contribution is 0.588. The number of hydrogen-bond donors (Lipinski definition) is 0. The minimum atomic E-state index is -3.67. The normalized spacial score (nSPS) is 11.9. The molecule has 3 rings (SSSR count). The molecular weight excluding hydrogens is 342 g/mol. The average molecular weight is 352 g/mol. The Hall–Kier alpha value is -1.73. The average Bonchev–Trinajstić information content (AvgIpc) is 2.82. The fraction of sp³-hybridized carbons (Fsp3) is 0.0769. The molecule has 0 radical (unpaired) electrons. The van der Waals surface area contributed by atoms with Gasteiger partial charge in [-0.05, 0) is 40.5 Å². The second-order valence-corrected chi connectivity index (χ2v) is 6.88. The van der Waals surface area contributed by atoms with Crippen LogP contribution < -0.4 is 0 Å². The van der Waals surface area contributed by atoms with Gasteiger partial charge in [0.2, 0.25) is 0 Å². The zero-order valence-corrected chi connectivity index (χ0v) is 12.9. The highest BCUT2D eigenvalue weighted by molar-refractivity contribution is 9.10. The monoisotopic (exact) mass is 351 g/mol. The summed E-state index contributed by atoms with van der Waals surface area (Å²) in [7, 11) is -3.67. The quantitative estimate of drug-likeness (QED) is 0.711. The summed E-state index contributed by atoms with van der Waals surface area (Å²) >= 11 is 3.22. The molecule has 0 aliphatic heterocycles. The Morgan fingerprint density at radius 3 is 2.70 bits per heavy atom. The number of benzene rings is 1. The Balaban J connectivity index is 2.28. The third-order valence-electron chi connectivity index (χ3n) is 2.96. The highest BCUT2D eigenvalue weighted by Crippen LogP contribution is 2.22. The molecule has 0 amide bonds. The summed E-state index contributed by atoms with van der Waals surface area (Å²) < 4.78 is 27.1. The number of rotatable bonds is 2. The molecular formula is C13H10BrN3O2S. The van der Waals surface area contributed by atoms with E-state index in [4.69, 9.17) is 0 Å². The van der Waals surface area contributed by atoms with Gasteiger partial charge in [-0.15, -0.1) is 0 Å². The molecule has 0 spiro atoms. The minimum absolute atomic E-state index is 0.266. The first-order valence-corrected chi connectivity index (χ1v) is 8.04. The summed E-state index contributed by atoms with van der Waals surface area (Å²) in [5.41, 5.74) is 1.53. The minimum Gasteiger partial charge on any atom is -0.236 e. The van der Waals surface area contributed by atoms with Crippen LogP contribution in [0.1, 0.15) is 5.56 Å². The fourth-order valence-electron chi connectivity index (χ4n) is 2.01. The first-order chi connectivity index (χ1) is 9.50. The Morgan fingerprint density at radius 2 is 1.95 bits per heavy atom. The topological polar surface area (TPSA) is 64.8 Å². The van der Waals surface area contributed by atoms with E-state index in [1.54, 1.807) is 37.3 Å². The van der Waals surface area contributed by atoms with E-state index in [2.05, 4.69) is 25.9 Å². The predicted octanol–water partition coefficient (Wildman–Crippen LogP) is 2.74. The third kappa shape index (κ3) is 2.03. The van der Waals surface area contributed by atoms with Crippen molar-refractivity contribution in [3.63, 3.8) is 0 Å². The van der Waals surface area contributed by atoms with Gasteiger partial charge in [0.15, 0.2) is 5.65 Å². The highest BCUT2D eigenvalue weighted by Gasteiger charge is 2.21. The number of hydrogen-bond acceptors (Lipinski definition) is 4. The summed E-state index contributed by atoms with van der Waals surface area (Å²) in [6.45, 7) is 1.76. The molecule has 0 bridgehead atoms. The lowest BCUT2D eigenvalue weighted by atomic mass is 10.2. The molecule has 102 valence electrons. The van der Waals surface area contributed by atoms with Crippen molar-refractivity contribution in [3.8, 4) is 0 Å². The van der Waals surface area contributed by atoms with Gasteiger partial charge in [0.1, 0.15) is 10.1 Å². The van der Waals surface area contributed by atoms with Gasteiger partial charge in [0.25, 0.3) is 10.0 Å². The fourth-order valence-corrected chi connectivity index (χ4v) is 3.83. The molecule has 0 aliphatic carbocycles. The van der Waals surface area contributed by atoms with E-state index < -0.39 is 10.0 Å². The van der Waals surface area contributed by atoms with E-state index in [0.29, 0.717) is 21.3 Å². The lowest BCUT2D eigenvalue weighted by Crippen LogP contribution is -2.13. The Morgan fingerprint density at radius 1 is 1.20 bits per heavy atom. The maximum absolute atomic E-state index is 12.7. The summed E-state index contributed by atoms with van der Waals surface area (Å²) in [5, 5.41) is 0. The van der Waals surface area contributed by atoms with E-state index >= 15 is 0 Å². The van der Waals surface area contributed by atoms with Crippen LogP contribution in [0.5, 0.6) is 0 Å². The second-order valence-electron chi connectivity index (χ2n) is 4.28. The van der Waals surface area contributed by atoms with Gasteiger partial charge in [-0.3, -0.25) is 0 Å². The number of fused-ring (bicyclic) bond motifs is 1. The first-order valence-electron chi connectivity index (χ1n) is 5.81. The van der Waals surface area contributed by atoms with Gasteiger partial charge in [0.05, 0.1) is 11.1 Å². The molecule has 0 saturated carbocycles. The van der Waals surface area contributed by atoms with E-state index in [9.17, 15) is 8.42 Å². The zero-order chi connectivity index (χ0) is 14.3. The van der Waals surface area contributed by atoms with Crippen molar-refractivity contribution < 1.29 is 8.42 Å². The molecule has 7 heteroatoms. The van der Waals surface area contributed by atoms with Gasteiger partial charge in [-0.2, -0.15) is 0 Å². The van der Waals surface area contributed by atoms with Crippen molar-refractivity contribution in [2.75, 3.05) is 0 Å². The molecule has 0 atom stereocenters. The number of aromatic nitrogens is 3. The van der Waals surface area contributed by atoms with Crippen LogP contribution in [-0.4, -0.2) is 22.4 Å². The van der Waals surface area contributed by atoms with Crippen molar-refractivity contribution in [2.24, 2.45) is 0 Å². The number of halogens is 1. The zero-order valence-electron chi connectivity index (χ0n) is 10.5. The third-order valence-corrected chi connectivity index (χ3v) is 5.17. The van der Waals surface area contributed by atoms with E-state index in [1.807, 2.05) is 0 Å². The van der Waals surface area contributed by atoms with Crippen LogP contribution in [0.4, 0.5) is 0 Å². The molecule has 0 N–H and O–H groups in total. The summed E-state index contributed by atoms with van der Waals surface area (Å²) in [5.74, 6) is 0. The molecule has 2 heterocycles. The summed E-state index contributed by atoms with van der Waals surface area (Å²) in [4.78, 5) is 8.60. The standard InChI is InChI=1S/C13H10BrN3O2S/c1-9-4-2-3-5-11(9)20(18,19)17-7-6-10-13(17)15-8-12(14)16-10/h2-8H,1H3. The summed E-state index contributed by atoms with van der Waals surface area (Å²) in [6.07, 6.45) is 2.95. The van der Waals surface area contributed by atoms with Crippen LogP contribution in [0.25, 0.3) is 11.2 Å². The number of nitrogens with zero attached hydrogens (tertiary/aromatic N) is 3. The number of aryl methyl sites for hydroxylation is 1. The van der Waals surface area contributed by atoms with E-state index in [-0.39, 0.29) is 4.90 Å². The van der Waals surface area contributed by atoms with Crippen LogP contribution in [-0.2, 0) is 10.0 Å². The van der Waals surface area contributed by atoms with Crippen LogP contribution in [0.3, 0.4) is 0 Å². The van der Waals surface area contributed by atoms with Crippen LogP contribution in [0.15, 0.2) is 52.2 Å². The van der Waals surface area contributed by atoms with E-state index in [1.165, 1.54) is 12.4 Å². The molecule has 2 aromatic heterocycles. The van der Waals surface area contributed by atoms with Crippen molar-refractivity contribution >= 4 is 37.1 Å². The lowest BCUT2D eigenvalue weighted by Gasteiger charge is -2.09. The Kier molecular flexibility index (Phi) is 3.10. The van der Waals surface area contributed by atoms with Gasteiger partial charge < -0.3 is 0 Å². The SMILES string of the molecule is Cc1ccccc1S(=O)(=O)n1ccc2nc(Br)cnc21. The van der Waals surface area contributed by atoms with Crippen molar-refractivity contribution in [2.45, 2.75) is 11.8 Å². The molecule has 20 heavy (non-hydrogen) atoms. The maximum atomic E-state index is 12.7. The molecule has 1 aromatic carbocycles. The molecule has 0 unspecified atom stereocenters. The highest BCUT2D eigenvalue weighted by atomic mass is 79.9. The molecule has 5 nitrogen and oxygen atoms in total. The smallest absolute Gasteiger partial charge is 0.236 e. The van der Waals surface area contributed by atoms with Crippen LogP contribution >= 0.6 is 15.9 Å². The van der Waals surface area contributed by atoms with E-state index in [0.717, 1.165) is 3.97 Å². The molecule has 3 aromatic rings. The van der Waals surface area contributed by atoms with Gasteiger partial charge in [0, 0.05) is 6.20 Å². The largest absolute Gasteiger partial charge is 0.269 e. The van der Waals surface area contributed by atoms with Crippen molar-refractivity contribution in [1.82, 2.24) is 13.9 Å². The van der Waals surface area contributed by atoms with Crippen molar-refractivity contribution in [3.05, 3.63) is 52.9 Å². The molecule has 0 aliphatic rings. The Labute approximate surface area is 124 Å². The van der Waals surface area contributed by atoms with Crippen LogP contribution in [0.2, 0.25) is 0 Å². The van der Waals surface area contributed by atoms with Crippen molar-refractivity contribution in [1.29, 1.82) is 0 Å². The molecule has 0 saturated heterocycles. The van der Waals surface area contributed by atoms with Crippen LogP contribution in [0, 0.1) is 6.92 Å². The summed E-state index contributed by atoms with van der Waals surface area (Å²) in [6, 6.07) is 8.49. The van der Waals surface area contributed by atoms with Gasteiger partial charge in [-0.1, -0.05) is 18.2 Å². The second kappa shape index (κ2) is 4.68. The Bertz CT molecular complexity index is 903.